The summed E-state index contributed by atoms with van der Waals surface area (Å²) in [6, 6.07) is 17.6. The molecule has 30 heavy (non-hydrogen) atoms. The second-order valence-corrected chi connectivity index (χ2v) is 6.89. The lowest BCUT2D eigenvalue weighted by Gasteiger charge is -2.15. The summed E-state index contributed by atoms with van der Waals surface area (Å²) in [5.74, 6) is 0.704. The van der Waals surface area contributed by atoms with Crippen molar-refractivity contribution in [2.75, 3.05) is 17.9 Å². The summed E-state index contributed by atoms with van der Waals surface area (Å²) in [5, 5.41) is 2.79. The van der Waals surface area contributed by atoms with Crippen LogP contribution in [-0.4, -0.2) is 29.7 Å². The molecule has 2 N–H and O–H groups in total. The van der Waals surface area contributed by atoms with E-state index in [1.54, 1.807) is 67.2 Å². The third-order valence-electron chi connectivity index (χ3n) is 4.64. The van der Waals surface area contributed by atoms with Crippen molar-refractivity contribution in [3.63, 3.8) is 0 Å². The maximum absolute atomic E-state index is 12.5. The van der Waals surface area contributed by atoms with Crippen LogP contribution in [0.1, 0.15) is 28.7 Å². The molecule has 3 rings (SSSR count). The molecule has 7 nitrogen and oxygen atoms in total. The van der Waals surface area contributed by atoms with E-state index in [2.05, 4.69) is 10.7 Å². The molecule has 0 aliphatic carbocycles. The first kappa shape index (κ1) is 21.0. The van der Waals surface area contributed by atoms with Crippen molar-refractivity contribution in [1.29, 1.82) is 0 Å². The number of nitrogens with zero attached hydrogens (tertiary/aromatic N) is 1. The van der Waals surface area contributed by atoms with Crippen molar-refractivity contribution in [1.82, 2.24) is 4.68 Å². The van der Waals surface area contributed by atoms with Crippen molar-refractivity contribution in [3.05, 3.63) is 77.6 Å². The van der Waals surface area contributed by atoms with Gasteiger partial charge in [-0.1, -0.05) is 0 Å². The van der Waals surface area contributed by atoms with Gasteiger partial charge in [0.15, 0.2) is 6.10 Å². The highest BCUT2D eigenvalue weighted by Crippen LogP contribution is 2.17. The average Bonchev–Trinajstić information content (AvgIpc) is 3.06. The van der Waals surface area contributed by atoms with E-state index in [0.29, 0.717) is 22.7 Å². The van der Waals surface area contributed by atoms with Crippen LogP contribution in [0.3, 0.4) is 0 Å². The first-order chi connectivity index (χ1) is 14.4. The fraction of sp³-hybridized carbons (Fsp3) is 0.217. The zero-order chi connectivity index (χ0) is 21.7. The highest BCUT2D eigenvalue weighted by molar-refractivity contribution is 6.00. The fourth-order valence-corrected chi connectivity index (χ4v) is 2.87. The normalized spacial score (nSPS) is 11.5. The number of rotatable bonds is 7. The first-order valence-corrected chi connectivity index (χ1v) is 9.55. The Kier molecular flexibility index (Phi) is 6.41. The Bertz CT molecular complexity index is 1000. The molecular formula is C23H25N3O4. The molecule has 0 aliphatic rings. The van der Waals surface area contributed by atoms with E-state index in [-0.39, 0.29) is 11.8 Å². The van der Waals surface area contributed by atoms with Crippen LogP contribution in [0.15, 0.2) is 60.7 Å². The number of carbonyl (C=O) groups excluding carboxylic acids is 2. The lowest BCUT2D eigenvalue weighted by atomic mass is 10.2. The summed E-state index contributed by atoms with van der Waals surface area (Å²) in [5.41, 5.74) is 5.88. The molecule has 1 atom stereocenters. The first-order valence-electron chi connectivity index (χ1n) is 9.55. The van der Waals surface area contributed by atoms with Crippen molar-refractivity contribution in [2.24, 2.45) is 0 Å². The van der Waals surface area contributed by atoms with E-state index >= 15 is 0 Å². The van der Waals surface area contributed by atoms with E-state index in [9.17, 15) is 9.59 Å². The number of carbonyl (C=O) groups is 2. The highest BCUT2D eigenvalue weighted by Gasteiger charge is 2.16. The number of benzene rings is 2. The zero-order valence-corrected chi connectivity index (χ0v) is 17.4. The SMILES string of the molecule is COc1ccc(NC(=O)[C@@H](C)Oc2ccc(C(=O)Nn3c(C)ccc3C)cc2)cc1. The largest absolute Gasteiger partial charge is 0.497 e. The summed E-state index contributed by atoms with van der Waals surface area (Å²) >= 11 is 0. The third-order valence-corrected chi connectivity index (χ3v) is 4.64. The van der Waals surface area contributed by atoms with Gasteiger partial charge in [-0.3, -0.25) is 19.7 Å². The number of nitrogens with one attached hydrogen (secondary N) is 2. The molecule has 0 spiro atoms. The smallest absolute Gasteiger partial charge is 0.270 e. The molecule has 0 unspecified atom stereocenters. The number of hydrogen-bond donors (Lipinski definition) is 2. The van der Waals surface area contributed by atoms with Gasteiger partial charge < -0.3 is 14.8 Å². The summed E-state index contributed by atoms with van der Waals surface area (Å²) < 4.78 is 12.5. The lowest BCUT2D eigenvalue weighted by Crippen LogP contribution is -2.30. The molecule has 0 saturated heterocycles. The van der Waals surface area contributed by atoms with Crippen LogP contribution in [0.5, 0.6) is 11.5 Å². The highest BCUT2D eigenvalue weighted by atomic mass is 16.5. The van der Waals surface area contributed by atoms with Crippen LogP contribution < -0.4 is 20.2 Å². The summed E-state index contributed by atoms with van der Waals surface area (Å²) in [6.45, 7) is 5.50. The van der Waals surface area contributed by atoms with Gasteiger partial charge in [-0.25, -0.2) is 0 Å². The van der Waals surface area contributed by atoms with Crippen LogP contribution >= 0.6 is 0 Å². The molecule has 0 bridgehead atoms. The molecule has 1 aromatic heterocycles. The van der Waals surface area contributed by atoms with Gasteiger partial charge in [0, 0.05) is 22.6 Å². The number of ether oxygens (including phenoxy) is 2. The van der Waals surface area contributed by atoms with Gasteiger partial charge in [-0.2, -0.15) is 0 Å². The number of hydrogen-bond acceptors (Lipinski definition) is 4. The van der Waals surface area contributed by atoms with Gasteiger partial charge in [0.25, 0.3) is 11.8 Å². The van der Waals surface area contributed by atoms with Crippen molar-refractivity contribution in [3.8, 4) is 11.5 Å². The van der Waals surface area contributed by atoms with E-state index in [1.807, 2.05) is 26.0 Å². The summed E-state index contributed by atoms with van der Waals surface area (Å²) in [7, 11) is 1.58. The molecule has 1 heterocycles. The standard InChI is InChI=1S/C23H25N3O4/c1-15-5-6-16(2)26(15)25-23(28)18-7-11-21(12-8-18)30-17(3)22(27)24-19-9-13-20(29-4)14-10-19/h5-14,17H,1-4H3,(H,24,27)(H,25,28)/t17-/m1/s1. The zero-order valence-electron chi connectivity index (χ0n) is 17.4. The lowest BCUT2D eigenvalue weighted by molar-refractivity contribution is -0.122. The van der Waals surface area contributed by atoms with E-state index in [0.717, 1.165) is 11.4 Å². The summed E-state index contributed by atoms with van der Waals surface area (Å²) in [6.07, 6.45) is -0.711. The molecule has 0 radical (unpaired) electrons. The Morgan fingerprint density at radius 2 is 1.43 bits per heavy atom. The van der Waals surface area contributed by atoms with Gasteiger partial charge in [-0.15, -0.1) is 0 Å². The van der Waals surface area contributed by atoms with Crippen LogP contribution in [0, 0.1) is 13.8 Å². The van der Waals surface area contributed by atoms with E-state index in [4.69, 9.17) is 9.47 Å². The molecule has 0 saturated carbocycles. The van der Waals surface area contributed by atoms with Crippen LogP contribution in [0.4, 0.5) is 5.69 Å². The predicted molar refractivity (Wildman–Crippen MR) is 116 cm³/mol. The number of methoxy groups -OCH3 is 1. The fourth-order valence-electron chi connectivity index (χ4n) is 2.87. The van der Waals surface area contributed by atoms with Crippen LogP contribution in [-0.2, 0) is 4.79 Å². The molecule has 156 valence electrons. The van der Waals surface area contributed by atoms with Crippen LogP contribution in [0.25, 0.3) is 0 Å². The van der Waals surface area contributed by atoms with Gasteiger partial charge in [0.1, 0.15) is 11.5 Å². The Morgan fingerprint density at radius 1 is 0.867 bits per heavy atom. The average molecular weight is 407 g/mol. The minimum absolute atomic E-state index is 0.228. The van der Waals surface area contributed by atoms with Crippen molar-refractivity contribution in [2.45, 2.75) is 26.9 Å². The second kappa shape index (κ2) is 9.17. The molecular weight excluding hydrogens is 382 g/mol. The van der Waals surface area contributed by atoms with Gasteiger partial charge in [0.05, 0.1) is 7.11 Å². The number of anilines is 1. The molecule has 2 amide bonds. The van der Waals surface area contributed by atoms with Gasteiger partial charge in [-0.05, 0) is 81.4 Å². The van der Waals surface area contributed by atoms with Crippen LogP contribution in [0.2, 0.25) is 0 Å². The maximum Gasteiger partial charge on any atom is 0.270 e. The minimum Gasteiger partial charge on any atom is -0.497 e. The molecule has 0 aliphatic heterocycles. The Hall–Kier alpha value is -3.74. The van der Waals surface area contributed by atoms with Gasteiger partial charge >= 0.3 is 0 Å². The topological polar surface area (TPSA) is 81.6 Å². The third kappa shape index (κ3) is 5.00. The van der Waals surface area contributed by atoms with Crippen molar-refractivity contribution >= 4 is 17.5 Å². The Morgan fingerprint density at radius 3 is 2.00 bits per heavy atom. The van der Waals surface area contributed by atoms with Crippen molar-refractivity contribution < 1.29 is 19.1 Å². The number of aryl methyl sites for hydroxylation is 2. The van der Waals surface area contributed by atoms with Gasteiger partial charge in [0.2, 0.25) is 0 Å². The predicted octanol–water partition coefficient (Wildman–Crippen LogP) is 3.90. The number of aromatic nitrogens is 1. The number of amides is 2. The molecule has 3 aromatic rings. The molecule has 0 fully saturated rings. The van der Waals surface area contributed by atoms with E-state index in [1.165, 1.54) is 0 Å². The monoisotopic (exact) mass is 407 g/mol. The summed E-state index contributed by atoms with van der Waals surface area (Å²) in [4.78, 5) is 24.8. The molecule has 7 heteroatoms. The maximum atomic E-state index is 12.5. The van der Waals surface area contributed by atoms with E-state index < -0.39 is 6.10 Å². The Balaban J connectivity index is 1.57. The quantitative estimate of drug-likeness (QED) is 0.622. The molecule has 2 aromatic carbocycles. The minimum atomic E-state index is -0.711. The Labute approximate surface area is 175 Å². The second-order valence-electron chi connectivity index (χ2n) is 6.89.